The van der Waals surface area contributed by atoms with Crippen LogP contribution in [0.4, 0.5) is 5.69 Å². The van der Waals surface area contributed by atoms with Crippen LogP contribution in [0.25, 0.3) is 11.1 Å². The lowest BCUT2D eigenvalue weighted by atomic mass is 10.1. The Kier molecular flexibility index (Phi) is 5.51. The summed E-state index contributed by atoms with van der Waals surface area (Å²) >= 11 is 5.90. The quantitative estimate of drug-likeness (QED) is 0.461. The zero-order valence-electron chi connectivity index (χ0n) is 15.3. The van der Waals surface area contributed by atoms with Gasteiger partial charge in [-0.3, -0.25) is 19.5 Å². The summed E-state index contributed by atoms with van der Waals surface area (Å²) in [4.78, 5) is 36.6. The number of non-ortho nitro benzene ring substituents is 1. The van der Waals surface area contributed by atoms with Crippen molar-refractivity contribution >= 4 is 34.3 Å². The van der Waals surface area contributed by atoms with E-state index >= 15 is 0 Å². The summed E-state index contributed by atoms with van der Waals surface area (Å²) in [5, 5.41) is 11.4. The number of rotatable bonds is 6. The fraction of sp³-hybridized carbons (Fsp3) is 0.263. The van der Waals surface area contributed by atoms with Crippen molar-refractivity contribution < 1.29 is 14.1 Å². The van der Waals surface area contributed by atoms with E-state index in [2.05, 4.69) is 0 Å². The lowest BCUT2D eigenvalue weighted by molar-refractivity contribution is -0.384. The number of amides is 1. The molecule has 1 amide bonds. The summed E-state index contributed by atoms with van der Waals surface area (Å²) in [6.45, 7) is 1.94. The van der Waals surface area contributed by atoms with Gasteiger partial charge in [-0.1, -0.05) is 23.7 Å². The standard InChI is InChI=1S/C19H18ClN3O5/c1-12(13-4-3-5-15(10-13)23(26)27)21(2)18(24)8-9-22-16-7-6-14(20)11-17(16)28-19(22)25/h3-7,10-12H,8-9H2,1-2H3/t12-/m1/s1. The molecule has 0 bridgehead atoms. The van der Waals surface area contributed by atoms with Crippen LogP contribution in [-0.2, 0) is 11.3 Å². The predicted molar refractivity (Wildman–Crippen MR) is 104 cm³/mol. The highest BCUT2D eigenvalue weighted by atomic mass is 35.5. The first-order chi connectivity index (χ1) is 13.3. The van der Waals surface area contributed by atoms with Crippen molar-refractivity contribution in [1.82, 2.24) is 9.47 Å². The Labute approximate surface area is 165 Å². The third-order valence-corrected chi connectivity index (χ3v) is 4.95. The van der Waals surface area contributed by atoms with Crippen LogP contribution in [0.15, 0.2) is 51.7 Å². The van der Waals surface area contributed by atoms with E-state index < -0.39 is 10.7 Å². The summed E-state index contributed by atoms with van der Waals surface area (Å²) in [5.41, 5.74) is 1.56. The maximum absolute atomic E-state index is 12.6. The Balaban J connectivity index is 1.73. The van der Waals surface area contributed by atoms with Crippen LogP contribution in [0.5, 0.6) is 0 Å². The smallest absolute Gasteiger partial charge is 0.408 e. The number of hydrogen-bond donors (Lipinski definition) is 0. The van der Waals surface area contributed by atoms with E-state index in [1.54, 1.807) is 44.3 Å². The minimum atomic E-state index is -0.556. The maximum atomic E-state index is 12.6. The minimum absolute atomic E-state index is 0.0275. The Hall–Kier alpha value is -3.13. The second-order valence-corrected chi connectivity index (χ2v) is 6.85. The second-order valence-electron chi connectivity index (χ2n) is 6.41. The van der Waals surface area contributed by atoms with Crippen LogP contribution in [0.2, 0.25) is 5.02 Å². The van der Waals surface area contributed by atoms with Gasteiger partial charge in [-0.2, -0.15) is 0 Å². The van der Waals surface area contributed by atoms with E-state index in [4.69, 9.17) is 16.0 Å². The number of aryl methyl sites for hydroxylation is 1. The molecule has 1 atom stereocenters. The lowest BCUT2D eigenvalue weighted by Crippen LogP contribution is -2.31. The number of nitro groups is 1. The molecule has 28 heavy (non-hydrogen) atoms. The van der Waals surface area contributed by atoms with E-state index in [0.29, 0.717) is 21.7 Å². The number of halogens is 1. The van der Waals surface area contributed by atoms with E-state index in [1.165, 1.54) is 21.6 Å². The molecular formula is C19H18ClN3O5. The molecule has 2 aromatic carbocycles. The van der Waals surface area contributed by atoms with Crippen LogP contribution in [0, 0.1) is 10.1 Å². The van der Waals surface area contributed by atoms with Gasteiger partial charge in [-0.05, 0) is 24.6 Å². The Bertz CT molecular complexity index is 1100. The van der Waals surface area contributed by atoms with Crippen LogP contribution in [0.1, 0.15) is 24.9 Å². The van der Waals surface area contributed by atoms with Crippen LogP contribution in [0.3, 0.4) is 0 Å². The number of aromatic nitrogens is 1. The summed E-state index contributed by atoms with van der Waals surface area (Å²) in [6.07, 6.45) is 0.0763. The van der Waals surface area contributed by atoms with Crippen molar-refractivity contribution in [1.29, 1.82) is 0 Å². The van der Waals surface area contributed by atoms with Gasteiger partial charge in [0, 0.05) is 43.2 Å². The van der Waals surface area contributed by atoms with Crippen molar-refractivity contribution in [2.24, 2.45) is 0 Å². The van der Waals surface area contributed by atoms with E-state index in [-0.39, 0.29) is 30.6 Å². The first kappa shape index (κ1) is 19.6. The average molecular weight is 404 g/mol. The molecule has 3 aromatic rings. The van der Waals surface area contributed by atoms with Gasteiger partial charge < -0.3 is 9.32 Å². The molecule has 0 spiro atoms. The highest BCUT2D eigenvalue weighted by Gasteiger charge is 2.20. The van der Waals surface area contributed by atoms with Gasteiger partial charge in [0.15, 0.2) is 5.58 Å². The highest BCUT2D eigenvalue weighted by Crippen LogP contribution is 2.24. The molecule has 0 fully saturated rings. The third kappa shape index (κ3) is 3.91. The fourth-order valence-electron chi connectivity index (χ4n) is 2.97. The molecule has 0 aliphatic heterocycles. The van der Waals surface area contributed by atoms with Gasteiger partial charge in [-0.25, -0.2) is 4.79 Å². The Morgan fingerprint density at radius 3 is 2.79 bits per heavy atom. The van der Waals surface area contributed by atoms with Crippen molar-refractivity contribution in [3.63, 3.8) is 0 Å². The molecule has 0 saturated carbocycles. The third-order valence-electron chi connectivity index (χ3n) is 4.72. The SMILES string of the molecule is C[C@H](c1cccc([N+](=O)[O-])c1)N(C)C(=O)CCn1c(=O)oc2cc(Cl)ccc21. The van der Waals surface area contributed by atoms with Gasteiger partial charge in [-0.15, -0.1) is 0 Å². The minimum Gasteiger partial charge on any atom is -0.408 e. The zero-order valence-corrected chi connectivity index (χ0v) is 16.0. The predicted octanol–water partition coefficient (Wildman–Crippen LogP) is 3.77. The molecule has 0 saturated heterocycles. The molecule has 9 heteroatoms. The van der Waals surface area contributed by atoms with Crippen molar-refractivity contribution in [3.8, 4) is 0 Å². The monoisotopic (exact) mass is 403 g/mol. The highest BCUT2D eigenvalue weighted by molar-refractivity contribution is 6.31. The van der Waals surface area contributed by atoms with Crippen molar-refractivity contribution in [2.45, 2.75) is 25.9 Å². The first-order valence-corrected chi connectivity index (χ1v) is 8.94. The van der Waals surface area contributed by atoms with Gasteiger partial charge in [0.2, 0.25) is 5.91 Å². The molecule has 146 valence electrons. The Morgan fingerprint density at radius 1 is 1.32 bits per heavy atom. The van der Waals surface area contributed by atoms with Gasteiger partial charge in [0.25, 0.3) is 5.69 Å². The summed E-state index contributed by atoms with van der Waals surface area (Å²) < 4.78 is 6.54. The average Bonchev–Trinajstić information content (AvgIpc) is 2.98. The molecule has 0 aliphatic rings. The number of benzene rings is 2. The summed E-state index contributed by atoms with van der Waals surface area (Å²) in [6, 6.07) is 10.7. The van der Waals surface area contributed by atoms with E-state index in [1.807, 2.05) is 0 Å². The number of hydrogen-bond acceptors (Lipinski definition) is 5. The van der Waals surface area contributed by atoms with Crippen molar-refractivity contribution in [3.05, 3.63) is 73.7 Å². The van der Waals surface area contributed by atoms with Crippen molar-refractivity contribution in [2.75, 3.05) is 7.05 Å². The lowest BCUT2D eigenvalue weighted by Gasteiger charge is -2.25. The number of carbonyl (C=O) groups is 1. The van der Waals surface area contributed by atoms with Crippen LogP contribution in [-0.4, -0.2) is 27.3 Å². The number of nitrogens with zero attached hydrogens (tertiary/aromatic N) is 3. The number of carbonyl (C=O) groups excluding carboxylic acids is 1. The van der Waals surface area contributed by atoms with Crippen LogP contribution < -0.4 is 5.76 Å². The number of oxazole rings is 1. The maximum Gasteiger partial charge on any atom is 0.419 e. The van der Waals surface area contributed by atoms with Gasteiger partial charge in [0.05, 0.1) is 16.5 Å². The largest absolute Gasteiger partial charge is 0.419 e. The molecule has 0 radical (unpaired) electrons. The van der Waals surface area contributed by atoms with Gasteiger partial charge in [0.1, 0.15) is 0 Å². The second kappa shape index (κ2) is 7.85. The number of nitro benzene ring substituents is 1. The number of fused-ring (bicyclic) bond motifs is 1. The Morgan fingerprint density at radius 2 is 2.07 bits per heavy atom. The topological polar surface area (TPSA) is 98.6 Å². The first-order valence-electron chi connectivity index (χ1n) is 8.57. The molecule has 0 N–H and O–H groups in total. The van der Waals surface area contributed by atoms with Crippen LogP contribution >= 0.6 is 11.6 Å². The molecule has 0 unspecified atom stereocenters. The molecule has 1 aromatic heterocycles. The molecule has 8 nitrogen and oxygen atoms in total. The fourth-order valence-corrected chi connectivity index (χ4v) is 3.14. The molecule has 1 heterocycles. The van der Waals surface area contributed by atoms with E-state index in [0.717, 1.165) is 0 Å². The molecule has 3 rings (SSSR count). The summed E-state index contributed by atoms with van der Waals surface area (Å²) in [5.74, 6) is -0.756. The molecular weight excluding hydrogens is 386 g/mol. The van der Waals surface area contributed by atoms with Gasteiger partial charge >= 0.3 is 5.76 Å². The molecule has 0 aliphatic carbocycles. The van der Waals surface area contributed by atoms with E-state index in [9.17, 15) is 19.7 Å². The normalized spacial score (nSPS) is 12.1. The zero-order chi connectivity index (χ0) is 20.4. The summed E-state index contributed by atoms with van der Waals surface area (Å²) in [7, 11) is 1.63.